The lowest BCUT2D eigenvalue weighted by Crippen LogP contribution is -2.44. The molecule has 0 spiro atoms. The summed E-state index contributed by atoms with van der Waals surface area (Å²) in [5.74, 6) is 0.909. The van der Waals surface area contributed by atoms with Crippen LogP contribution < -0.4 is 10.6 Å². The second-order valence-corrected chi connectivity index (χ2v) is 7.63. The van der Waals surface area contributed by atoms with Crippen molar-refractivity contribution in [3.05, 3.63) is 0 Å². The van der Waals surface area contributed by atoms with Gasteiger partial charge in [0.05, 0.1) is 19.3 Å². The average molecular weight is 514 g/mol. The van der Waals surface area contributed by atoms with Crippen LogP contribution in [0, 0.1) is 0 Å². The molecule has 0 aromatic carbocycles. The zero-order chi connectivity index (χ0) is 20.1. The average Bonchev–Trinajstić information content (AvgIpc) is 3.02. The normalized spacial score (nSPS) is 17.2. The number of nitrogens with zero attached hydrogens (tertiary/aromatic N) is 2. The second kappa shape index (κ2) is 15.1. The minimum Gasteiger partial charge on any atom is -0.444 e. The van der Waals surface area contributed by atoms with Gasteiger partial charge in [-0.3, -0.25) is 4.99 Å². The predicted molar refractivity (Wildman–Crippen MR) is 123 cm³/mol. The highest BCUT2D eigenvalue weighted by Crippen LogP contribution is 2.12. The Hall–Kier alpha value is -0.810. The number of alkyl carbamates (subject to hydrolysis) is 1. The Morgan fingerprint density at radius 2 is 1.96 bits per heavy atom. The summed E-state index contributed by atoms with van der Waals surface area (Å²) in [6.45, 7) is 12.9. The molecule has 0 bridgehead atoms. The summed E-state index contributed by atoms with van der Waals surface area (Å²) in [6.07, 6.45) is 2.49. The van der Waals surface area contributed by atoms with Crippen molar-refractivity contribution in [2.45, 2.75) is 58.6 Å². The van der Waals surface area contributed by atoms with Crippen LogP contribution in [-0.4, -0.2) is 81.7 Å². The number of carbonyl (C=O) groups is 1. The van der Waals surface area contributed by atoms with Gasteiger partial charge in [0.1, 0.15) is 5.60 Å². The Balaban J connectivity index is 0.00000729. The van der Waals surface area contributed by atoms with Crippen molar-refractivity contribution in [2.24, 2.45) is 4.99 Å². The number of rotatable bonds is 10. The van der Waals surface area contributed by atoms with Gasteiger partial charge in [-0.2, -0.15) is 0 Å². The molecule has 0 aromatic heterocycles. The number of carbonyl (C=O) groups excluding carboxylic acids is 1. The number of methoxy groups -OCH3 is 1. The maximum Gasteiger partial charge on any atom is 0.407 e. The molecule has 0 saturated carbocycles. The molecule has 0 aliphatic carbocycles. The van der Waals surface area contributed by atoms with Gasteiger partial charge in [-0.25, -0.2) is 4.79 Å². The lowest BCUT2D eigenvalue weighted by atomic mass is 10.2. The number of unbranched alkanes of at least 4 members (excludes halogenated alkanes) is 1. The fourth-order valence-corrected chi connectivity index (χ4v) is 2.72. The lowest BCUT2D eigenvalue weighted by molar-refractivity contribution is 0.0507. The zero-order valence-corrected chi connectivity index (χ0v) is 20.4. The quantitative estimate of drug-likeness (QED) is 0.202. The molecule has 1 unspecified atom stereocenters. The van der Waals surface area contributed by atoms with Crippen LogP contribution in [-0.2, 0) is 14.2 Å². The highest BCUT2D eigenvalue weighted by Gasteiger charge is 2.27. The Bertz CT molecular complexity index is 458. The molecule has 2 N–H and O–H groups in total. The van der Waals surface area contributed by atoms with E-state index in [9.17, 15) is 4.79 Å². The number of guanidine groups is 1. The van der Waals surface area contributed by atoms with Gasteiger partial charge in [-0.15, -0.1) is 24.0 Å². The molecule has 1 heterocycles. The van der Waals surface area contributed by atoms with E-state index in [0.29, 0.717) is 13.2 Å². The van der Waals surface area contributed by atoms with Crippen LogP contribution in [0.5, 0.6) is 0 Å². The smallest absolute Gasteiger partial charge is 0.407 e. The Kier molecular flexibility index (Phi) is 14.6. The van der Waals surface area contributed by atoms with Crippen molar-refractivity contribution in [3.8, 4) is 0 Å². The maximum absolute atomic E-state index is 11.9. The van der Waals surface area contributed by atoms with Crippen molar-refractivity contribution in [3.63, 3.8) is 0 Å². The summed E-state index contributed by atoms with van der Waals surface area (Å²) in [5, 5.41) is 6.29. The summed E-state index contributed by atoms with van der Waals surface area (Å²) in [4.78, 5) is 18.8. The van der Waals surface area contributed by atoms with Crippen molar-refractivity contribution in [1.82, 2.24) is 15.5 Å². The van der Waals surface area contributed by atoms with E-state index in [4.69, 9.17) is 19.2 Å². The molecule has 1 atom stereocenters. The van der Waals surface area contributed by atoms with Gasteiger partial charge in [-0.05, 0) is 47.0 Å². The Morgan fingerprint density at radius 1 is 1.21 bits per heavy atom. The van der Waals surface area contributed by atoms with Gasteiger partial charge in [0.25, 0.3) is 0 Å². The number of amides is 1. The number of hydrogen-bond acceptors (Lipinski definition) is 5. The third kappa shape index (κ3) is 12.6. The van der Waals surface area contributed by atoms with E-state index in [1.807, 2.05) is 20.8 Å². The van der Waals surface area contributed by atoms with Crippen LogP contribution in [0.3, 0.4) is 0 Å². The molecule has 28 heavy (non-hydrogen) atoms. The molecule has 166 valence electrons. The SMILES string of the molecule is CCNC(=NCCCCOCCOC)N1CCC(NC(=O)OC(C)(C)C)C1.I. The number of halogens is 1. The number of nitrogens with one attached hydrogen (secondary N) is 2. The van der Waals surface area contributed by atoms with E-state index in [-0.39, 0.29) is 36.1 Å². The third-order valence-corrected chi connectivity index (χ3v) is 3.93. The first-order valence-corrected chi connectivity index (χ1v) is 9.95. The highest BCUT2D eigenvalue weighted by molar-refractivity contribution is 14.0. The summed E-state index contributed by atoms with van der Waals surface area (Å²) in [5.41, 5.74) is -0.480. The van der Waals surface area contributed by atoms with E-state index in [0.717, 1.165) is 58.0 Å². The first-order valence-electron chi connectivity index (χ1n) is 9.95. The van der Waals surface area contributed by atoms with Gasteiger partial charge in [-0.1, -0.05) is 0 Å². The number of aliphatic imine (C=N–C) groups is 1. The van der Waals surface area contributed by atoms with Gasteiger partial charge in [0.2, 0.25) is 0 Å². The topological polar surface area (TPSA) is 84.4 Å². The predicted octanol–water partition coefficient (Wildman–Crippen LogP) is 2.61. The van der Waals surface area contributed by atoms with E-state index >= 15 is 0 Å². The summed E-state index contributed by atoms with van der Waals surface area (Å²) >= 11 is 0. The number of ether oxygens (including phenoxy) is 3. The molecule has 1 amide bonds. The lowest BCUT2D eigenvalue weighted by Gasteiger charge is -2.23. The first kappa shape index (κ1) is 27.2. The van der Waals surface area contributed by atoms with Gasteiger partial charge >= 0.3 is 6.09 Å². The Labute approximate surface area is 187 Å². The minimum absolute atomic E-state index is 0. The van der Waals surface area contributed by atoms with Crippen LogP contribution in [0.25, 0.3) is 0 Å². The highest BCUT2D eigenvalue weighted by atomic mass is 127. The molecular weight excluding hydrogens is 475 g/mol. The summed E-state index contributed by atoms with van der Waals surface area (Å²) in [6, 6.07) is 0.0814. The van der Waals surface area contributed by atoms with E-state index < -0.39 is 5.60 Å². The van der Waals surface area contributed by atoms with Gasteiger partial charge in [0, 0.05) is 39.9 Å². The van der Waals surface area contributed by atoms with Crippen molar-refractivity contribution in [2.75, 3.05) is 53.1 Å². The second-order valence-electron chi connectivity index (χ2n) is 7.63. The molecule has 9 heteroatoms. The monoisotopic (exact) mass is 514 g/mol. The van der Waals surface area contributed by atoms with Gasteiger partial charge in [0.15, 0.2) is 5.96 Å². The summed E-state index contributed by atoms with van der Waals surface area (Å²) < 4.78 is 15.7. The third-order valence-electron chi connectivity index (χ3n) is 3.93. The van der Waals surface area contributed by atoms with Crippen molar-refractivity contribution >= 4 is 36.0 Å². The Morgan fingerprint density at radius 3 is 2.61 bits per heavy atom. The molecule has 0 aromatic rings. The molecule has 1 aliphatic rings. The van der Waals surface area contributed by atoms with Crippen LogP contribution in [0.4, 0.5) is 4.79 Å². The van der Waals surface area contributed by atoms with Crippen molar-refractivity contribution in [1.29, 1.82) is 0 Å². The zero-order valence-electron chi connectivity index (χ0n) is 18.1. The van der Waals surface area contributed by atoms with Crippen LogP contribution in [0.2, 0.25) is 0 Å². The van der Waals surface area contributed by atoms with E-state index in [1.54, 1.807) is 7.11 Å². The fraction of sp³-hybridized carbons (Fsp3) is 0.895. The fourth-order valence-electron chi connectivity index (χ4n) is 2.72. The van der Waals surface area contributed by atoms with Crippen LogP contribution in [0.1, 0.15) is 47.0 Å². The first-order chi connectivity index (χ1) is 12.9. The molecule has 1 saturated heterocycles. The number of hydrogen-bond donors (Lipinski definition) is 2. The van der Waals surface area contributed by atoms with Crippen LogP contribution >= 0.6 is 24.0 Å². The van der Waals surface area contributed by atoms with Gasteiger partial charge < -0.3 is 29.7 Å². The number of likely N-dealkylation sites (tertiary alicyclic amines) is 1. The largest absolute Gasteiger partial charge is 0.444 e. The molecular formula is C19H39IN4O4. The maximum atomic E-state index is 11.9. The molecule has 1 aliphatic heterocycles. The standard InChI is InChI=1S/C19H38N4O4.HI/c1-6-20-17(21-10-7-8-12-26-14-13-25-5)23-11-9-16(15-23)22-18(24)27-19(2,3)4;/h16H,6-15H2,1-5H3,(H,20,21)(H,22,24);1H. The molecule has 0 radical (unpaired) electrons. The van der Waals surface area contributed by atoms with Crippen LogP contribution in [0.15, 0.2) is 4.99 Å². The summed E-state index contributed by atoms with van der Waals surface area (Å²) in [7, 11) is 1.67. The molecule has 1 rings (SSSR count). The molecule has 8 nitrogen and oxygen atoms in total. The minimum atomic E-state index is -0.480. The van der Waals surface area contributed by atoms with E-state index in [2.05, 4.69) is 22.5 Å². The van der Waals surface area contributed by atoms with Crippen molar-refractivity contribution < 1.29 is 19.0 Å². The molecule has 1 fully saturated rings. The van der Waals surface area contributed by atoms with E-state index in [1.165, 1.54) is 0 Å².